The van der Waals surface area contributed by atoms with Crippen molar-refractivity contribution in [1.82, 2.24) is 4.90 Å². The van der Waals surface area contributed by atoms with Gasteiger partial charge in [-0.2, -0.15) is 11.8 Å². The topological polar surface area (TPSA) is 73.2 Å². The first-order valence-electron chi connectivity index (χ1n) is 10.8. The van der Waals surface area contributed by atoms with Gasteiger partial charge in [0.05, 0.1) is 13.2 Å². The average molecular weight is 441 g/mol. The number of likely N-dealkylation sites (tertiary alicyclic amines) is 1. The van der Waals surface area contributed by atoms with Crippen LogP contribution in [-0.2, 0) is 5.75 Å². The van der Waals surface area contributed by atoms with Crippen LogP contribution in [0.4, 0.5) is 10.5 Å². The molecule has 0 aromatic heterocycles. The van der Waals surface area contributed by atoms with E-state index in [1.165, 1.54) is 16.8 Å². The number of carboxylic acid groups (broad SMARTS) is 1. The molecule has 1 fully saturated rings. The third kappa shape index (κ3) is 3.44. The number of aliphatic hydroxyl groups excluding tert-OH is 1. The van der Waals surface area contributed by atoms with E-state index in [2.05, 4.69) is 17.0 Å². The summed E-state index contributed by atoms with van der Waals surface area (Å²) in [4.78, 5) is 15.8. The number of amides is 1. The summed E-state index contributed by atoms with van der Waals surface area (Å²) in [6.07, 6.45) is -0.579. The zero-order chi connectivity index (χ0) is 21.7. The summed E-state index contributed by atoms with van der Waals surface area (Å²) in [7, 11) is 1.63. The second-order valence-electron chi connectivity index (χ2n) is 8.64. The van der Waals surface area contributed by atoms with E-state index < -0.39 is 12.2 Å². The average Bonchev–Trinajstić information content (AvgIpc) is 2.92. The van der Waals surface area contributed by atoms with Gasteiger partial charge < -0.3 is 24.7 Å². The number of benzene rings is 2. The number of aliphatic hydroxyl groups is 1. The number of thioether (sulfide) groups is 1. The van der Waals surface area contributed by atoms with Crippen LogP contribution in [-0.4, -0.2) is 59.7 Å². The van der Waals surface area contributed by atoms with Crippen molar-refractivity contribution in [3.63, 3.8) is 0 Å². The Kier molecular flexibility index (Phi) is 5.26. The molecule has 2 aromatic rings. The Morgan fingerprint density at radius 1 is 1.26 bits per heavy atom. The van der Waals surface area contributed by atoms with Crippen molar-refractivity contribution in [2.24, 2.45) is 0 Å². The Balaban J connectivity index is 1.65. The first kappa shape index (κ1) is 20.5. The summed E-state index contributed by atoms with van der Waals surface area (Å²) in [6.45, 7) is 3.94. The first-order valence-corrected chi connectivity index (χ1v) is 12.0. The van der Waals surface area contributed by atoms with E-state index in [0.717, 1.165) is 46.9 Å². The van der Waals surface area contributed by atoms with Gasteiger partial charge in [0.2, 0.25) is 0 Å². The van der Waals surface area contributed by atoms with E-state index in [1.807, 2.05) is 30.0 Å². The highest BCUT2D eigenvalue weighted by Gasteiger charge is 2.44. The monoisotopic (exact) mass is 440 g/mol. The third-order valence-electron chi connectivity index (χ3n) is 6.91. The maximum absolute atomic E-state index is 11.7. The fourth-order valence-corrected chi connectivity index (χ4v) is 6.38. The molecule has 1 amide bonds. The van der Waals surface area contributed by atoms with Gasteiger partial charge in [-0.25, -0.2) is 4.79 Å². The molecule has 1 unspecified atom stereocenters. The molecule has 6 nitrogen and oxygen atoms in total. The number of nitrogens with zero attached hydrogens (tertiary/aromatic N) is 2. The van der Waals surface area contributed by atoms with Gasteiger partial charge in [0.15, 0.2) is 0 Å². The third-order valence-corrected chi connectivity index (χ3v) is 7.89. The molecule has 164 valence electrons. The van der Waals surface area contributed by atoms with Crippen molar-refractivity contribution in [3.05, 3.63) is 47.0 Å². The minimum atomic E-state index is -0.830. The Morgan fingerprint density at radius 3 is 2.84 bits per heavy atom. The molecule has 0 spiro atoms. The number of anilines is 1. The van der Waals surface area contributed by atoms with Gasteiger partial charge in [-0.15, -0.1) is 0 Å². The summed E-state index contributed by atoms with van der Waals surface area (Å²) in [6, 6.07) is 10.7. The van der Waals surface area contributed by atoms with E-state index in [0.29, 0.717) is 19.1 Å². The molecule has 5 rings (SSSR count). The molecule has 3 aliphatic rings. The van der Waals surface area contributed by atoms with E-state index >= 15 is 0 Å². The Morgan fingerprint density at radius 2 is 2.10 bits per heavy atom. The van der Waals surface area contributed by atoms with E-state index in [4.69, 9.17) is 4.74 Å². The van der Waals surface area contributed by atoms with Crippen molar-refractivity contribution in [2.45, 2.75) is 37.2 Å². The zero-order valence-corrected chi connectivity index (χ0v) is 18.7. The van der Waals surface area contributed by atoms with Gasteiger partial charge >= 0.3 is 6.09 Å². The van der Waals surface area contributed by atoms with Gasteiger partial charge in [0.25, 0.3) is 0 Å². The predicted octanol–water partition coefficient (Wildman–Crippen LogP) is 4.32. The van der Waals surface area contributed by atoms with E-state index in [1.54, 1.807) is 18.9 Å². The smallest absolute Gasteiger partial charge is 0.407 e. The lowest BCUT2D eigenvalue weighted by Crippen LogP contribution is -2.48. The highest BCUT2D eigenvalue weighted by Crippen LogP contribution is 2.50. The van der Waals surface area contributed by atoms with Crippen LogP contribution < -0.4 is 9.64 Å². The first-order chi connectivity index (χ1) is 15.0. The summed E-state index contributed by atoms with van der Waals surface area (Å²) in [5.41, 5.74) is 6.84. The van der Waals surface area contributed by atoms with Crippen molar-refractivity contribution >= 4 is 23.5 Å². The Labute approximate surface area is 186 Å². The van der Waals surface area contributed by atoms with Crippen LogP contribution in [0.5, 0.6) is 5.75 Å². The Hall–Kier alpha value is -2.38. The molecule has 2 aromatic carbocycles. The number of methoxy groups -OCH3 is 1. The predicted molar refractivity (Wildman–Crippen MR) is 123 cm³/mol. The number of hydrogen-bond donors (Lipinski definition) is 2. The maximum atomic E-state index is 11.7. The normalized spacial score (nSPS) is 23.1. The number of ether oxygens (including phenoxy) is 1. The van der Waals surface area contributed by atoms with E-state index in [-0.39, 0.29) is 5.92 Å². The number of rotatable bonds is 3. The fourth-order valence-electron chi connectivity index (χ4n) is 5.47. The summed E-state index contributed by atoms with van der Waals surface area (Å²) >= 11 is 1.95. The van der Waals surface area contributed by atoms with Crippen LogP contribution in [0.25, 0.3) is 11.1 Å². The van der Waals surface area contributed by atoms with E-state index in [9.17, 15) is 15.0 Å². The molecule has 1 saturated heterocycles. The van der Waals surface area contributed by atoms with Crippen LogP contribution in [0.2, 0.25) is 0 Å². The maximum Gasteiger partial charge on any atom is 0.407 e. The second-order valence-corrected chi connectivity index (χ2v) is 9.74. The molecule has 0 aliphatic carbocycles. The van der Waals surface area contributed by atoms with Gasteiger partial charge in [0, 0.05) is 48.8 Å². The van der Waals surface area contributed by atoms with Gasteiger partial charge in [-0.1, -0.05) is 6.07 Å². The van der Waals surface area contributed by atoms with Crippen LogP contribution in [0.3, 0.4) is 0 Å². The molecule has 0 bridgehead atoms. The lowest BCUT2D eigenvalue weighted by atomic mass is 9.86. The Bertz CT molecular complexity index is 1020. The van der Waals surface area contributed by atoms with Crippen molar-refractivity contribution in [1.29, 1.82) is 0 Å². The minimum Gasteiger partial charge on any atom is -0.497 e. The molecule has 3 aliphatic heterocycles. The number of carbonyl (C=O) groups is 1. The summed E-state index contributed by atoms with van der Waals surface area (Å²) < 4.78 is 5.38. The SMILES string of the molecule is COc1ccc(-c2cc3c4c(c2)[C@@H]2CN(C(=O)O)CC[C@@H]2N4CCSC3)c(C(C)O)c1. The van der Waals surface area contributed by atoms with Crippen molar-refractivity contribution in [3.8, 4) is 16.9 Å². The number of hydrogen-bond acceptors (Lipinski definition) is 5. The molecule has 0 saturated carbocycles. The number of piperidine rings is 1. The van der Waals surface area contributed by atoms with Crippen LogP contribution >= 0.6 is 11.8 Å². The highest BCUT2D eigenvalue weighted by atomic mass is 32.2. The quantitative estimate of drug-likeness (QED) is 0.741. The molecule has 2 N–H and O–H groups in total. The lowest BCUT2D eigenvalue weighted by Gasteiger charge is -2.37. The van der Waals surface area contributed by atoms with Crippen molar-refractivity contribution < 1.29 is 19.7 Å². The second kappa shape index (κ2) is 7.95. The molecular weight excluding hydrogens is 412 g/mol. The van der Waals surface area contributed by atoms with Crippen LogP contribution in [0.15, 0.2) is 30.3 Å². The van der Waals surface area contributed by atoms with Gasteiger partial charge in [-0.3, -0.25) is 0 Å². The van der Waals surface area contributed by atoms with Crippen LogP contribution in [0, 0.1) is 0 Å². The molecule has 0 radical (unpaired) electrons. The zero-order valence-electron chi connectivity index (χ0n) is 17.9. The highest BCUT2D eigenvalue weighted by molar-refractivity contribution is 7.98. The molecule has 3 atom stereocenters. The van der Waals surface area contributed by atoms with Crippen molar-refractivity contribution in [2.75, 3.05) is 37.4 Å². The summed E-state index contributed by atoms with van der Waals surface area (Å²) in [5, 5.41) is 20.0. The fraction of sp³-hybridized carbons (Fsp3) is 0.458. The van der Waals surface area contributed by atoms with Gasteiger partial charge in [-0.05, 0) is 65.4 Å². The van der Waals surface area contributed by atoms with Gasteiger partial charge in [0.1, 0.15) is 5.75 Å². The minimum absolute atomic E-state index is 0.190. The summed E-state index contributed by atoms with van der Waals surface area (Å²) in [5.74, 6) is 2.95. The molecule has 3 heterocycles. The molecular formula is C24H28N2O4S. The molecule has 7 heteroatoms. The number of fused-ring (bicyclic) bond motifs is 3. The largest absolute Gasteiger partial charge is 0.497 e. The standard InChI is InChI=1S/C24H28N2O4S/c1-14(27)19-11-17(30-2)3-4-18(19)15-9-16-13-31-8-7-26-22-5-6-25(24(28)29)12-21(22)20(10-15)23(16)26/h3-4,9-11,14,21-22,27H,5-8,12-13H2,1-2H3,(H,28,29)/t14?,21-,22-/m0/s1. The lowest BCUT2D eigenvalue weighted by molar-refractivity contribution is 0.127. The molecule has 31 heavy (non-hydrogen) atoms. The van der Waals surface area contributed by atoms with Crippen LogP contribution in [0.1, 0.15) is 42.1 Å².